The minimum atomic E-state index is -0.134. The van der Waals surface area contributed by atoms with Gasteiger partial charge in [-0.2, -0.15) is 0 Å². The van der Waals surface area contributed by atoms with Crippen LogP contribution in [0.1, 0.15) is 48.4 Å². The number of hydrogen-bond donors (Lipinski definition) is 2. The Balaban J connectivity index is 1.83. The molecule has 6 heteroatoms. The number of nitrogens with one attached hydrogen (secondary N) is 1. The predicted octanol–water partition coefficient (Wildman–Crippen LogP) is 5.34. The van der Waals surface area contributed by atoms with E-state index in [4.69, 9.17) is 17.0 Å². The molecule has 29 heavy (non-hydrogen) atoms. The molecule has 2 aromatic heterocycles. The monoisotopic (exact) mass is 405 g/mol. The molecule has 2 N–H and O–H groups in total. The van der Waals surface area contributed by atoms with Crippen molar-refractivity contribution < 1.29 is 9.84 Å². The summed E-state index contributed by atoms with van der Waals surface area (Å²) in [6, 6.07) is 16.3. The Kier molecular flexibility index (Phi) is 4.06. The molecule has 0 radical (unpaired) electrons. The highest BCUT2D eigenvalue weighted by Crippen LogP contribution is 2.43. The van der Waals surface area contributed by atoms with Gasteiger partial charge in [0.1, 0.15) is 11.8 Å². The number of rotatable bonds is 3. The third-order valence-electron chi connectivity index (χ3n) is 5.86. The molecule has 0 aliphatic carbocycles. The topological polar surface area (TPSA) is 55.1 Å². The lowest BCUT2D eigenvalue weighted by atomic mass is 9.93. The zero-order valence-corrected chi connectivity index (χ0v) is 17.5. The number of para-hydroxylation sites is 1. The summed E-state index contributed by atoms with van der Waals surface area (Å²) in [5.74, 6) is 1.08. The lowest BCUT2D eigenvalue weighted by molar-refractivity contribution is 0.394. The highest BCUT2D eigenvalue weighted by atomic mass is 32.1. The van der Waals surface area contributed by atoms with E-state index in [1.807, 2.05) is 36.6 Å². The molecular weight excluding hydrogens is 382 g/mol. The number of aromatic nitrogens is 3. The normalized spacial score (nSPS) is 15.5. The first-order chi connectivity index (χ1) is 14.0. The number of aromatic amines is 1. The molecule has 0 amide bonds. The highest BCUT2D eigenvalue weighted by molar-refractivity contribution is 7.71. The summed E-state index contributed by atoms with van der Waals surface area (Å²) >= 11 is 5.84. The molecule has 1 unspecified atom stereocenters. The Morgan fingerprint density at radius 1 is 1.14 bits per heavy atom. The van der Waals surface area contributed by atoms with Gasteiger partial charge in [-0.05, 0) is 55.4 Å². The fourth-order valence-electron chi connectivity index (χ4n) is 4.51. The van der Waals surface area contributed by atoms with Gasteiger partial charge in [-0.1, -0.05) is 30.3 Å². The van der Waals surface area contributed by atoms with Crippen LogP contribution < -0.4 is 4.74 Å². The molecule has 5 nitrogen and oxygen atoms in total. The van der Waals surface area contributed by atoms with E-state index in [1.165, 1.54) is 10.9 Å². The van der Waals surface area contributed by atoms with Crippen LogP contribution in [0.15, 0.2) is 48.5 Å². The van der Waals surface area contributed by atoms with Crippen LogP contribution in [0.4, 0.5) is 0 Å². The number of methoxy groups -OCH3 is 1. The fraction of sp³-hybridized carbons (Fsp3) is 0.261. The van der Waals surface area contributed by atoms with E-state index >= 15 is 0 Å². The van der Waals surface area contributed by atoms with Crippen LogP contribution >= 0.6 is 12.2 Å². The third kappa shape index (κ3) is 2.55. The Hall–Kier alpha value is -2.99. The number of imidazole rings is 1. The molecule has 4 aromatic rings. The van der Waals surface area contributed by atoms with Crippen LogP contribution in [-0.4, -0.2) is 26.3 Å². The van der Waals surface area contributed by atoms with Gasteiger partial charge in [-0.3, -0.25) is 4.57 Å². The summed E-state index contributed by atoms with van der Waals surface area (Å²) < 4.78 is 9.92. The average molecular weight is 406 g/mol. The van der Waals surface area contributed by atoms with Crippen molar-refractivity contribution in [2.75, 3.05) is 7.11 Å². The summed E-state index contributed by atoms with van der Waals surface area (Å²) in [6.45, 7) is 4.08. The van der Waals surface area contributed by atoms with E-state index in [0.717, 1.165) is 28.2 Å². The summed E-state index contributed by atoms with van der Waals surface area (Å²) in [5, 5.41) is 12.2. The molecule has 1 atom stereocenters. The van der Waals surface area contributed by atoms with Crippen LogP contribution in [-0.2, 0) is 6.42 Å². The maximum Gasteiger partial charge on any atom is 0.214 e. The SMILES string of the molecule is COc1ccc(C2c3[nH]c4ccccc4c3Cc3c(O)n(C(C)C)c(=S)n32)cc1. The third-order valence-corrected chi connectivity index (χ3v) is 6.25. The Labute approximate surface area is 174 Å². The first-order valence-electron chi connectivity index (χ1n) is 9.79. The smallest absolute Gasteiger partial charge is 0.214 e. The number of nitrogens with zero attached hydrogens (tertiary/aromatic N) is 2. The Morgan fingerprint density at radius 2 is 1.86 bits per heavy atom. The number of aromatic hydroxyl groups is 1. The van der Waals surface area contributed by atoms with E-state index < -0.39 is 0 Å². The van der Waals surface area contributed by atoms with Gasteiger partial charge in [-0.25, -0.2) is 0 Å². The first-order valence-corrected chi connectivity index (χ1v) is 10.2. The fourth-order valence-corrected chi connectivity index (χ4v) is 5.02. The summed E-state index contributed by atoms with van der Waals surface area (Å²) in [4.78, 5) is 3.63. The maximum atomic E-state index is 11.1. The quantitative estimate of drug-likeness (QED) is 0.399. The van der Waals surface area contributed by atoms with Gasteiger partial charge in [0.15, 0.2) is 4.77 Å². The number of H-pyrrole nitrogens is 1. The molecule has 2 aromatic carbocycles. The minimum absolute atomic E-state index is 0.0761. The molecule has 0 saturated carbocycles. The van der Waals surface area contributed by atoms with E-state index in [0.29, 0.717) is 11.2 Å². The second-order valence-corrected chi connectivity index (χ2v) is 8.17. The van der Waals surface area contributed by atoms with Crippen molar-refractivity contribution in [2.24, 2.45) is 0 Å². The van der Waals surface area contributed by atoms with Crippen molar-refractivity contribution in [1.29, 1.82) is 0 Å². The van der Waals surface area contributed by atoms with Crippen LogP contribution in [0.3, 0.4) is 0 Å². The van der Waals surface area contributed by atoms with Crippen LogP contribution in [0, 0.1) is 4.77 Å². The molecule has 0 fully saturated rings. The number of fused-ring (bicyclic) bond motifs is 4. The molecule has 0 saturated heterocycles. The van der Waals surface area contributed by atoms with E-state index in [2.05, 4.69) is 39.9 Å². The van der Waals surface area contributed by atoms with Crippen LogP contribution in [0.2, 0.25) is 0 Å². The lowest BCUT2D eigenvalue weighted by Gasteiger charge is -2.27. The lowest BCUT2D eigenvalue weighted by Crippen LogP contribution is -2.21. The van der Waals surface area contributed by atoms with Gasteiger partial charge < -0.3 is 19.4 Å². The molecule has 0 spiro atoms. The van der Waals surface area contributed by atoms with E-state index in [9.17, 15) is 5.11 Å². The second kappa shape index (κ2) is 6.52. The molecular formula is C23H23N3O2S. The Morgan fingerprint density at radius 3 is 2.55 bits per heavy atom. The summed E-state index contributed by atoms with van der Waals surface area (Å²) in [5.41, 5.74) is 5.40. The van der Waals surface area contributed by atoms with Gasteiger partial charge in [0.2, 0.25) is 5.88 Å². The largest absolute Gasteiger partial charge is 0.497 e. The number of hydrogen-bond acceptors (Lipinski definition) is 3. The van der Waals surface area contributed by atoms with Crippen LogP contribution in [0.25, 0.3) is 10.9 Å². The van der Waals surface area contributed by atoms with Crippen molar-refractivity contribution in [1.82, 2.24) is 14.1 Å². The standard InChI is InChI=1S/C23H23N3O2S/c1-13(2)25-22(27)19-12-17-16-6-4-5-7-18(16)24-20(17)21(26(19)23(25)29)14-8-10-15(28-3)11-9-14/h4-11,13,21,24,27H,12H2,1-3H3. The molecule has 3 heterocycles. The van der Waals surface area contributed by atoms with Crippen molar-refractivity contribution in [3.8, 4) is 11.6 Å². The average Bonchev–Trinajstić information content (AvgIpc) is 3.22. The zero-order chi connectivity index (χ0) is 20.3. The van der Waals surface area contributed by atoms with Gasteiger partial charge in [0.25, 0.3) is 0 Å². The van der Waals surface area contributed by atoms with Gasteiger partial charge in [-0.15, -0.1) is 0 Å². The molecule has 5 rings (SSSR count). The van der Waals surface area contributed by atoms with Crippen molar-refractivity contribution in [3.63, 3.8) is 0 Å². The van der Waals surface area contributed by atoms with Gasteiger partial charge in [0.05, 0.1) is 12.8 Å². The van der Waals surface area contributed by atoms with Crippen LogP contribution in [0.5, 0.6) is 11.6 Å². The number of benzene rings is 2. The number of ether oxygens (including phenoxy) is 1. The minimum Gasteiger partial charge on any atom is -0.497 e. The van der Waals surface area contributed by atoms with Crippen molar-refractivity contribution in [3.05, 3.63) is 75.8 Å². The molecule has 1 aliphatic heterocycles. The molecule has 0 bridgehead atoms. The Bertz CT molecular complexity index is 1280. The second-order valence-electron chi connectivity index (χ2n) is 7.80. The maximum absolute atomic E-state index is 11.1. The van der Waals surface area contributed by atoms with Gasteiger partial charge in [0, 0.05) is 29.1 Å². The van der Waals surface area contributed by atoms with E-state index in [1.54, 1.807) is 7.11 Å². The summed E-state index contributed by atoms with van der Waals surface area (Å²) in [6.07, 6.45) is 0.640. The van der Waals surface area contributed by atoms with Crippen molar-refractivity contribution >= 4 is 23.1 Å². The van der Waals surface area contributed by atoms with Crippen molar-refractivity contribution in [2.45, 2.75) is 32.4 Å². The predicted molar refractivity (Wildman–Crippen MR) is 117 cm³/mol. The molecule has 148 valence electrons. The molecule has 1 aliphatic rings. The van der Waals surface area contributed by atoms with Gasteiger partial charge >= 0.3 is 0 Å². The van der Waals surface area contributed by atoms with E-state index in [-0.39, 0.29) is 18.0 Å². The zero-order valence-electron chi connectivity index (χ0n) is 16.6. The summed E-state index contributed by atoms with van der Waals surface area (Å²) in [7, 11) is 1.67. The first kappa shape index (κ1) is 18.1. The highest BCUT2D eigenvalue weighted by Gasteiger charge is 2.34.